The molecule has 0 aliphatic rings. The molecule has 112 valence electrons. The molecule has 0 amide bonds. The molecule has 0 saturated carbocycles. The fourth-order valence-electron chi connectivity index (χ4n) is 1.78. The summed E-state index contributed by atoms with van der Waals surface area (Å²) in [7, 11) is 0. The van der Waals surface area contributed by atoms with Gasteiger partial charge in [-0.05, 0) is 25.1 Å². The number of rotatable bonds is 4. The van der Waals surface area contributed by atoms with Crippen molar-refractivity contribution in [3.8, 4) is 0 Å². The minimum atomic E-state index is -4.50. The lowest BCUT2D eigenvalue weighted by Crippen LogP contribution is -2.18. The molecule has 0 atom stereocenters. The van der Waals surface area contributed by atoms with Crippen LogP contribution >= 0.6 is 23.6 Å². The number of alkyl halides is 3. The van der Waals surface area contributed by atoms with Crippen molar-refractivity contribution in [2.24, 2.45) is 5.73 Å². The molecule has 0 unspecified atom stereocenters. The average Bonchev–Trinajstić information content (AvgIpc) is 2.81. The van der Waals surface area contributed by atoms with Gasteiger partial charge in [0, 0.05) is 22.3 Å². The molecule has 0 spiro atoms. The summed E-state index contributed by atoms with van der Waals surface area (Å²) in [5, 5.41) is 3.85. The molecule has 1 aromatic carbocycles. The maximum atomic E-state index is 13.0. The van der Waals surface area contributed by atoms with Gasteiger partial charge >= 0.3 is 6.18 Å². The van der Waals surface area contributed by atoms with Crippen LogP contribution in [0.1, 0.15) is 21.0 Å². The Balaban J connectivity index is 2.23. The van der Waals surface area contributed by atoms with Crippen LogP contribution in [0.2, 0.25) is 0 Å². The van der Waals surface area contributed by atoms with Crippen LogP contribution in [0.15, 0.2) is 24.4 Å². The number of thiocarbonyl (C=S) groups is 1. The van der Waals surface area contributed by atoms with Gasteiger partial charge in [0.1, 0.15) is 4.99 Å². The number of halogens is 3. The van der Waals surface area contributed by atoms with Crippen molar-refractivity contribution < 1.29 is 13.2 Å². The molecule has 0 aliphatic heterocycles. The van der Waals surface area contributed by atoms with E-state index in [0.717, 1.165) is 16.0 Å². The predicted octanol–water partition coefficient (Wildman–Crippen LogP) is 3.72. The monoisotopic (exact) mass is 331 g/mol. The molecular formula is C13H12F3N3S2. The SMILES string of the molecule is Cc1ncc(CNc2ccc(C(N)=S)c(C(F)(F)F)c2)s1. The number of benzene rings is 1. The molecular weight excluding hydrogens is 319 g/mol. The first-order chi connectivity index (χ1) is 9.77. The van der Waals surface area contributed by atoms with Crippen molar-refractivity contribution in [2.45, 2.75) is 19.6 Å². The van der Waals surface area contributed by atoms with Crippen LogP contribution in [-0.4, -0.2) is 9.97 Å². The van der Waals surface area contributed by atoms with Crippen LogP contribution in [-0.2, 0) is 12.7 Å². The molecule has 1 heterocycles. The molecule has 0 bridgehead atoms. The Morgan fingerprint density at radius 1 is 1.43 bits per heavy atom. The topological polar surface area (TPSA) is 50.9 Å². The number of hydrogen-bond donors (Lipinski definition) is 2. The number of anilines is 1. The summed E-state index contributed by atoms with van der Waals surface area (Å²) in [6.45, 7) is 2.28. The number of hydrogen-bond acceptors (Lipinski definition) is 4. The lowest BCUT2D eigenvalue weighted by molar-refractivity contribution is -0.137. The summed E-state index contributed by atoms with van der Waals surface area (Å²) in [6, 6.07) is 3.82. The third-order valence-corrected chi connectivity index (χ3v) is 3.86. The van der Waals surface area contributed by atoms with Crippen molar-refractivity contribution in [3.63, 3.8) is 0 Å². The van der Waals surface area contributed by atoms with E-state index in [9.17, 15) is 13.2 Å². The average molecular weight is 331 g/mol. The summed E-state index contributed by atoms with van der Waals surface area (Å²) in [5.41, 5.74) is 4.69. The van der Waals surface area contributed by atoms with Gasteiger partial charge < -0.3 is 11.1 Å². The van der Waals surface area contributed by atoms with Crippen molar-refractivity contribution in [3.05, 3.63) is 45.4 Å². The second-order valence-corrected chi connectivity index (χ2v) is 6.08. The van der Waals surface area contributed by atoms with Crippen molar-refractivity contribution in [2.75, 3.05) is 5.32 Å². The highest BCUT2D eigenvalue weighted by molar-refractivity contribution is 7.80. The number of thiazole rings is 1. The third kappa shape index (κ3) is 3.92. The summed E-state index contributed by atoms with van der Waals surface area (Å²) in [4.78, 5) is 4.76. The molecule has 2 rings (SSSR count). The van der Waals surface area contributed by atoms with Crippen LogP contribution in [0, 0.1) is 6.92 Å². The highest BCUT2D eigenvalue weighted by atomic mass is 32.1. The zero-order valence-corrected chi connectivity index (χ0v) is 12.6. The van der Waals surface area contributed by atoms with Crippen molar-refractivity contribution >= 4 is 34.2 Å². The largest absolute Gasteiger partial charge is 0.417 e. The highest BCUT2D eigenvalue weighted by Crippen LogP contribution is 2.34. The van der Waals surface area contributed by atoms with E-state index in [1.54, 1.807) is 6.20 Å². The second kappa shape index (κ2) is 5.98. The molecule has 1 aromatic heterocycles. The summed E-state index contributed by atoms with van der Waals surface area (Å²) >= 11 is 6.14. The maximum absolute atomic E-state index is 13.0. The van der Waals surface area contributed by atoms with E-state index < -0.39 is 11.7 Å². The zero-order chi connectivity index (χ0) is 15.6. The first kappa shape index (κ1) is 15.7. The van der Waals surface area contributed by atoms with E-state index in [1.165, 1.54) is 23.5 Å². The van der Waals surface area contributed by atoms with Gasteiger partial charge in [0.05, 0.1) is 17.1 Å². The number of nitrogens with zero attached hydrogens (tertiary/aromatic N) is 1. The van der Waals surface area contributed by atoms with E-state index in [0.29, 0.717) is 12.2 Å². The lowest BCUT2D eigenvalue weighted by Gasteiger charge is -2.14. The number of nitrogens with two attached hydrogens (primary N) is 1. The van der Waals surface area contributed by atoms with Gasteiger partial charge in [0.15, 0.2) is 0 Å². The van der Waals surface area contributed by atoms with E-state index >= 15 is 0 Å². The fraction of sp³-hybridized carbons (Fsp3) is 0.231. The van der Waals surface area contributed by atoms with E-state index in [-0.39, 0.29) is 10.6 Å². The first-order valence-electron chi connectivity index (χ1n) is 5.93. The molecule has 3 nitrogen and oxygen atoms in total. The Bertz CT molecular complexity index is 665. The summed E-state index contributed by atoms with van der Waals surface area (Å²) < 4.78 is 39.0. The Morgan fingerprint density at radius 3 is 2.67 bits per heavy atom. The molecule has 8 heteroatoms. The summed E-state index contributed by atoms with van der Waals surface area (Å²) in [6.07, 6.45) is -2.81. The highest BCUT2D eigenvalue weighted by Gasteiger charge is 2.34. The van der Waals surface area contributed by atoms with Gasteiger partial charge in [-0.15, -0.1) is 11.3 Å². The molecule has 0 aliphatic carbocycles. The van der Waals surface area contributed by atoms with Crippen molar-refractivity contribution in [1.82, 2.24) is 4.98 Å². The van der Waals surface area contributed by atoms with Gasteiger partial charge in [-0.1, -0.05) is 12.2 Å². The fourth-order valence-corrected chi connectivity index (χ4v) is 2.69. The van der Waals surface area contributed by atoms with Crippen LogP contribution in [0.3, 0.4) is 0 Å². The molecule has 2 aromatic rings. The van der Waals surface area contributed by atoms with Gasteiger partial charge in [-0.3, -0.25) is 0 Å². The van der Waals surface area contributed by atoms with Crippen LogP contribution in [0.25, 0.3) is 0 Å². The normalized spacial score (nSPS) is 11.4. The number of aryl methyl sites for hydroxylation is 1. The van der Waals surface area contributed by atoms with Crippen LogP contribution in [0.5, 0.6) is 0 Å². The van der Waals surface area contributed by atoms with Crippen molar-refractivity contribution in [1.29, 1.82) is 0 Å². The Labute approximate surface area is 129 Å². The van der Waals surface area contributed by atoms with Gasteiger partial charge in [-0.2, -0.15) is 13.2 Å². The molecule has 0 fully saturated rings. The van der Waals surface area contributed by atoms with Crippen LogP contribution < -0.4 is 11.1 Å². The molecule has 3 N–H and O–H groups in total. The predicted molar refractivity (Wildman–Crippen MR) is 81.5 cm³/mol. The number of nitrogens with one attached hydrogen (secondary N) is 1. The van der Waals surface area contributed by atoms with E-state index in [1.807, 2.05) is 6.92 Å². The smallest absolute Gasteiger partial charge is 0.389 e. The molecule has 0 saturated heterocycles. The Kier molecular flexibility index (Phi) is 4.48. The Hall–Kier alpha value is -1.67. The minimum absolute atomic E-state index is 0.170. The van der Waals surface area contributed by atoms with E-state index in [2.05, 4.69) is 22.5 Å². The summed E-state index contributed by atoms with van der Waals surface area (Å²) in [5.74, 6) is 0. The quantitative estimate of drug-likeness (QED) is 0.839. The lowest BCUT2D eigenvalue weighted by atomic mass is 10.1. The zero-order valence-electron chi connectivity index (χ0n) is 11.0. The minimum Gasteiger partial charge on any atom is -0.389 e. The van der Waals surface area contributed by atoms with E-state index in [4.69, 9.17) is 5.73 Å². The third-order valence-electron chi connectivity index (χ3n) is 2.73. The van der Waals surface area contributed by atoms with Gasteiger partial charge in [-0.25, -0.2) is 4.98 Å². The Morgan fingerprint density at radius 2 is 2.14 bits per heavy atom. The first-order valence-corrected chi connectivity index (χ1v) is 7.16. The molecule has 0 radical (unpaired) electrons. The standard InChI is InChI=1S/C13H12F3N3S2/c1-7-18-5-9(21-7)6-19-8-2-3-10(12(17)20)11(4-8)13(14,15)16/h2-5,19H,6H2,1H3,(H2,17,20). The molecule has 21 heavy (non-hydrogen) atoms. The second-order valence-electron chi connectivity index (χ2n) is 4.32. The maximum Gasteiger partial charge on any atom is 0.417 e. The number of aromatic nitrogens is 1. The van der Waals surface area contributed by atoms with Gasteiger partial charge in [0.25, 0.3) is 0 Å². The van der Waals surface area contributed by atoms with Crippen LogP contribution in [0.4, 0.5) is 18.9 Å². The van der Waals surface area contributed by atoms with Gasteiger partial charge in [0.2, 0.25) is 0 Å².